The number of thiophene rings is 1. The van der Waals surface area contributed by atoms with Gasteiger partial charge >= 0.3 is 0 Å². The van der Waals surface area contributed by atoms with E-state index >= 15 is 0 Å². The Kier molecular flexibility index (Phi) is 6.49. The lowest BCUT2D eigenvalue weighted by molar-refractivity contribution is -0.119. The van der Waals surface area contributed by atoms with E-state index < -0.39 is 5.91 Å². The van der Waals surface area contributed by atoms with Crippen molar-refractivity contribution < 1.29 is 9.59 Å². The fourth-order valence-electron chi connectivity index (χ4n) is 2.27. The van der Waals surface area contributed by atoms with Gasteiger partial charge in [0.2, 0.25) is 5.91 Å². The lowest BCUT2D eigenvalue weighted by Gasteiger charge is -2.09. The van der Waals surface area contributed by atoms with E-state index in [1.165, 1.54) is 11.8 Å². The molecule has 0 aliphatic carbocycles. The van der Waals surface area contributed by atoms with Crippen LogP contribution in [-0.2, 0) is 11.3 Å². The summed E-state index contributed by atoms with van der Waals surface area (Å²) in [4.78, 5) is 25.1. The van der Waals surface area contributed by atoms with E-state index in [1.54, 1.807) is 35.6 Å². The molecule has 1 aromatic carbocycles. The van der Waals surface area contributed by atoms with Gasteiger partial charge in [0.1, 0.15) is 0 Å². The van der Waals surface area contributed by atoms with Gasteiger partial charge in [-0.1, -0.05) is 41.6 Å². The van der Waals surface area contributed by atoms with Crippen molar-refractivity contribution in [1.29, 1.82) is 0 Å². The Morgan fingerprint density at radius 1 is 1.19 bits per heavy atom. The van der Waals surface area contributed by atoms with E-state index in [0.717, 1.165) is 10.7 Å². The Hall–Kier alpha value is -2.36. The highest BCUT2D eigenvalue weighted by atomic mass is 35.5. The van der Waals surface area contributed by atoms with Gasteiger partial charge in [-0.25, -0.2) is 0 Å². The van der Waals surface area contributed by atoms with Gasteiger partial charge in [-0.05, 0) is 30.5 Å². The van der Waals surface area contributed by atoms with E-state index in [4.69, 9.17) is 11.6 Å². The van der Waals surface area contributed by atoms with Crippen LogP contribution in [0.25, 0.3) is 10.7 Å². The van der Waals surface area contributed by atoms with Crippen LogP contribution in [0, 0.1) is 0 Å². The number of benzene rings is 1. The summed E-state index contributed by atoms with van der Waals surface area (Å²) in [5.41, 5.74) is 5.02. The van der Waals surface area contributed by atoms with E-state index in [2.05, 4.69) is 21.0 Å². The van der Waals surface area contributed by atoms with Crippen molar-refractivity contribution in [2.24, 2.45) is 0 Å². The number of amides is 2. The molecule has 2 heterocycles. The molecule has 7 nitrogen and oxygen atoms in total. The number of nitrogens with zero attached hydrogens (tertiary/aromatic N) is 3. The molecule has 2 aromatic heterocycles. The third-order valence-electron chi connectivity index (χ3n) is 3.54. The van der Waals surface area contributed by atoms with E-state index in [1.807, 2.05) is 29.0 Å². The van der Waals surface area contributed by atoms with Crippen LogP contribution < -0.4 is 10.9 Å². The van der Waals surface area contributed by atoms with Gasteiger partial charge in [0.05, 0.1) is 21.2 Å². The molecule has 3 rings (SSSR count). The fourth-order valence-corrected chi connectivity index (χ4v) is 4.02. The predicted octanol–water partition coefficient (Wildman–Crippen LogP) is 3.23. The van der Waals surface area contributed by atoms with Crippen molar-refractivity contribution in [2.45, 2.75) is 18.6 Å². The Bertz CT molecular complexity index is 943. The lowest BCUT2D eigenvalue weighted by atomic mass is 10.2. The number of carbonyl (C=O) groups excluding carboxylic acids is 2. The van der Waals surface area contributed by atoms with E-state index in [9.17, 15) is 9.59 Å². The van der Waals surface area contributed by atoms with Crippen LogP contribution in [0.3, 0.4) is 0 Å². The molecule has 0 fully saturated rings. The summed E-state index contributed by atoms with van der Waals surface area (Å²) in [6.45, 7) is 2.68. The van der Waals surface area contributed by atoms with E-state index in [0.29, 0.717) is 22.3 Å². The average Bonchev–Trinajstić information content (AvgIpc) is 3.33. The Balaban J connectivity index is 1.55. The van der Waals surface area contributed by atoms with Gasteiger partial charge in [-0.3, -0.25) is 20.4 Å². The summed E-state index contributed by atoms with van der Waals surface area (Å²) in [6, 6.07) is 10.5. The van der Waals surface area contributed by atoms with Crippen LogP contribution in [0.5, 0.6) is 0 Å². The summed E-state index contributed by atoms with van der Waals surface area (Å²) in [5, 5.41) is 11.3. The number of aromatic nitrogens is 3. The minimum atomic E-state index is -0.476. The number of rotatable bonds is 6. The second-order valence-corrected chi connectivity index (χ2v) is 7.60. The smallest absolute Gasteiger partial charge is 0.271 e. The molecule has 0 aliphatic rings. The zero-order chi connectivity index (χ0) is 19.2. The molecule has 2 amide bonds. The molecule has 10 heteroatoms. The predicted molar refractivity (Wildman–Crippen MR) is 107 cm³/mol. The zero-order valence-corrected chi connectivity index (χ0v) is 16.7. The molecule has 0 bridgehead atoms. The average molecular weight is 422 g/mol. The SMILES string of the molecule is CCn1c(SCC(=O)NNC(=O)c2ccccc2Cl)nnc1-c1cccs1. The third-order valence-corrected chi connectivity index (χ3v) is 5.70. The number of carbonyl (C=O) groups is 2. The van der Waals surface area contributed by atoms with Crippen molar-refractivity contribution in [3.8, 4) is 10.7 Å². The van der Waals surface area contributed by atoms with Crippen molar-refractivity contribution in [3.63, 3.8) is 0 Å². The molecule has 0 saturated carbocycles. The molecule has 140 valence electrons. The molecule has 0 unspecified atom stereocenters. The number of hydrogen-bond acceptors (Lipinski definition) is 6. The van der Waals surface area contributed by atoms with Gasteiger partial charge in [0, 0.05) is 6.54 Å². The molecule has 0 radical (unpaired) electrons. The van der Waals surface area contributed by atoms with Gasteiger partial charge in [0.25, 0.3) is 5.91 Å². The van der Waals surface area contributed by atoms with Crippen LogP contribution in [-0.4, -0.2) is 32.3 Å². The summed E-state index contributed by atoms with van der Waals surface area (Å²) < 4.78 is 1.95. The van der Waals surface area contributed by atoms with Gasteiger partial charge in [-0.15, -0.1) is 21.5 Å². The largest absolute Gasteiger partial charge is 0.302 e. The minimum absolute atomic E-state index is 0.0887. The molecule has 0 atom stereocenters. The van der Waals surface area contributed by atoms with Crippen LogP contribution in [0.2, 0.25) is 5.02 Å². The first-order valence-corrected chi connectivity index (χ1v) is 10.3. The van der Waals surface area contributed by atoms with Gasteiger partial charge in [0.15, 0.2) is 11.0 Å². The van der Waals surface area contributed by atoms with Crippen LogP contribution in [0.15, 0.2) is 46.9 Å². The number of thioether (sulfide) groups is 1. The summed E-state index contributed by atoms with van der Waals surface area (Å²) in [6.07, 6.45) is 0. The highest BCUT2D eigenvalue weighted by Crippen LogP contribution is 2.26. The normalized spacial score (nSPS) is 10.6. The summed E-state index contributed by atoms with van der Waals surface area (Å²) >= 11 is 8.80. The second-order valence-electron chi connectivity index (χ2n) is 5.30. The zero-order valence-electron chi connectivity index (χ0n) is 14.3. The van der Waals surface area contributed by atoms with Crippen molar-refractivity contribution in [1.82, 2.24) is 25.6 Å². The third kappa shape index (κ3) is 4.68. The number of nitrogens with one attached hydrogen (secondary N) is 2. The van der Waals surface area contributed by atoms with Crippen molar-refractivity contribution in [3.05, 3.63) is 52.4 Å². The quantitative estimate of drug-likeness (QED) is 0.471. The Morgan fingerprint density at radius 3 is 2.70 bits per heavy atom. The maximum Gasteiger partial charge on any atom is 0.271 e. The lowest BCUT2D eigenvalue weighted by Crippen LogP contribution is -2.42. The van der Waals surface area contributed by atoms with Crippen LogP contribution >= 0.6 is 34.7 Å². The first-order chi connectivity index (χ1) is 13.1. The Labute approximate surface area is 169 Å². The Morgan fingerprint density at radius 2 is 2.00 bits per heavy atom. The standard InChI is InChI=1S/C17H16ClN5O2S2/c1-2-23-15(13-8-5-9-26-13)20-22-17(23)27-10-14(24)19-21-16(25)11-6-3-4-7-12(11)18/h3-9H,2,10H2,1H3,(H,19,24)(H,21,25). The van der Waals surface area contributed by atoms with Crippen LogP contribution in [0.4, 0.5) is 0 Å². The summed E-state index contributed by atoms with van der Waals surface area (Å²) in [7, 11) is 0. The highest BCUT2D eigenvalue weighted by molar-refractivity contribution is 7.99. The molecule has 27 heavy (non-hydrogen) atoms. The number of hydrazine groups is 1. The van der Waals surface area contributed by atoms with Crippen molar-refractivity contribution in [2.75, 3.05) is 5.75 Å². The van der Waals surface area contributed by atoms with Gasteiger partial charge in [-0.2, -0.15) is 0 Å². The molecular formula is C17H16ClN5O2S2. The monoisotopic (exact) mass is 421 g/mol. The maximum atomic E-state index is 12.0. The highest BCUT2D eigenvalue weighted by Gasteiger charge is 2.16. The molecule has 0 spiro atoms. The molecule has 3 aromatic rings. The molecule has 2 N–H and O–H groups in total. The summed E-state index contributed by atoms with van der Waals surface area (Å²) in [5.74, 6) is 0.0348. The first-order valence-electron chi connectivity index (χ1n) is 8.03. The van der Waals surface area contributed by atoms with Crippen LogP contribution in [0.1, 0.15) is 17.3 Å². The van der Waals surface area contributed by atoms with E-state index in [-0.39, 0.29) is 11.7 Å². The fraction of sp³-hybridized carbons (Fsp3) is 0.176. The number of hydrogen-bond donors (Lipinski definition) is 2. The molecule has 0 aliphatic heterocycles. The molecule has 0 saturated heterocycles. The minimum Gasteiger partial charge on any atom is -0.302 e. The first kappa shape index (κ1) is 19.4. The topological polar surface area (TPSA) is 88.9 Å². The maximum absolute atomic E-state index is 12.0. The number of halogens is 1. The molecular weight excluding hydrogens is 406 g/mol. The van der Waals surface area contributed by atoms with Crippen molar-refractivity contribution >= 4 is 46.5 Å². The van der Waals surface area contributed by atoms with Gasteiger partial charge < -0.3 is 4.57 Å². The second kappa shape index (κ2) is 9.03.